The second-order valence-electron chi connectivity index (χ2n) is 8.09. The van der Waals surface area contributed by atoms with E-state index >= 15 is 0 Å². The summed E-state index contributed by atoms with van der Waals surface area (Å²) in [6.07, 6.45) is 2.58. The van der Waals surface area contributed by atoms with Gasteiger partial charge < -0.3 is 9.47 Å². The lowest BCUT2D eigenvalue weighted by atomic mass is 9.51. The van der Waals surface area contributed by atoms with Crippen LogP contribution in [0.1, 0.15) is 45.2 Å². The third kappa shape index (κ3) is 2.49. The van der Waals surface area contributed by atoms with Gasteiger partial charge in [-0.1, -0.05) is 26.8 Å². The summed E-state index contributed by atoms with van der Waals surface area (Å²) in [5.74, 6) is 0.974. The highest BCUT2D eigenvalue weighted by molar-refractivity contribution is 5.45. The van der Waals surface area contributed by atoms with Crippen LogP contribution in [-0.4, -0.2) is 44.4 Å². The van der Waals surface area contributed by atoms with E-state index in [4.69, 9.17) is 9.47 Å². The highest BCUT2D eigenvalue weighted by Gasteiger charge is 2.55. The van der Waals surface area contributed by atoms with Crippen molar-refractivity contribution >= 4 is 0 Å². The number of rotatable bonds is 4. The van der Waals surface area contributed by atoms with Crippen molar-refractivity contribution in [3.05, 3.63) is 29.3 Å². The molecule has 1 fully saturated rings. The van der Waals surface area contributed by atoms with E-state index < -0.39 is 0 Å². The van der Waals surface area contributed by atoms with Crippen LogP contribution in [0.4, 0.5) is 0 Å². The molecular weight excluding hydrogens is 286 g/mol. The van der Waals surface area contributed by atoms with E-state index in [0.29, 0.717) is 6.04 Å². The van der Waals surface area contributed by atoms with Crippen LogP contribution in [0.3, 0.4) is 0 Å². The molecule has 128 valence electrons. The molecule has 0 radical (unpaired) electrons. The highest BCUT2D eigenvalue weighted by atomic mass is 16.5. The van der Waals surface area contributed by atoms with Crippen molar-refractivity contribution in [1.82, 2.24) is 4.90 Å². The average molecular weight is 317 g/mol. The van der Waals surface area contributed by atoms with Crippen molar-refractivity contribution < 1.29 is 9.47 Å². The Kier molecular flexibility index (Phi) is 4.22. The third-order valence-corrected chi connectivity index (χ3v) is 6.81. The van der Waals surface area contributed by atoms with Gasteiger partial charge in [-0.25, -0.2) is 0 Å². The van der Waals surface area contributed by atoms with Crippen LogP contribution in [0.25, 0.3) is 0 Å². The first-order valence-corrected chi connectivity index (χ1v) is 8.77. The Morgan fingerprint density at radius 2 is 2.00 bits per heavy atom. The molecule has 3 heteroatoms. The molecule has 1 aromatic rings. The van der Waals surface area contributed by atoms with Gasteiger partial charge in [-0.3, -0.25) is 4.90 Å². The van der Waals surface area contributed by atoms with Crippen molar-refractivity contribution in [2.75, 3.05) is 27.3 Å². The predicted molar refractivity (Wildman–Crippen MR) is 94.3 cm³/mol. The van der Waals surface area contributed by atoms with Gasteiger partial charge in [0.1, 0.15) is 5.75 Å². The molecule has 2 bridgehead atoms. The van der Waals surface area contributed by atoms with E-state index in [2.05, 4.69) is 50.8 Å². The van der Waals surface area contributed by atoms with Gasteiger partial charge in [0.2, 0.25) is 0 Å². The summed E-state index contributed by atoms with van der Waals surface area (Å²) in [5.41, 5.74) is 3.47. The van der Waals surface area contributed by atoms with Crippen molar-refractivity contribution in [2.24, 2.45) is 5.41 Å². The minimum absolute atomic E-state index is 0.227. The van der Waals surface area contributed by atoms with Gasteiger partial charge in [0.15, 0.2) is 0 Å². The molecule has 0 saturated carbocycles. The second-order valence-corrected chi connectivity index (χ2v) is 8.09. The molecule has 1 saturated heterocycles. The van der Waals surface area contributed by atoms with Crippen LogP contribution < -0.4 is 4.74 Å². The standard InChI is InChI=1S/C20H31NO2/c1-14(22-5)13-21-10-9-20(4)17-8-7-16(23-6)11-15(17)12-18(21)19(20,2)3/h7-8,11,14,18H,9-10,12-13H2,1-6H3/t14-,18-,20+/m1/s1. The van der Waals surface area contributed by atoms with E-state index in [1.807, 2.05) is 7.11 Å². The quantitative estimate of drug-likeness (QED) is 0.846. The van der Waals surface area contributed by atoms with Crippen LogP contribution in [-0.2, 0) is 16.6 Å². The fourth-order valence-electron chi connectivity index (χ4n) is 4.77. The maximum atomic E-state index is 5.53. The summed E-state index contributed by atoms with van der Waals surface area (Å²) < 4.78 is 11.0. The molecule has 1 aliphatic carbocycles. The van der Waals surface area contributed by atoms with Gasteiger partial charge >= 0.3 is 0 Å². The topological polar surface area (TPSA) is 21.7 Å². The number of piperidine rings is 1. The Bertz CT molecular complexity index is 583. The molecule has 1 heterocycles. The zero-order valence-electron chi connectivity index (χ0n) is 15.5. The minimum atomic E-state index is 0.227. The molecular formula is C20H31NO2. The van der Waals surface area contributed by atoms with Gasteiger partial charge in [0, 0.05) is 25.1 Å². The van der Waals surface area contributed by atoms with E-state index in [1.165, 1.54) is 17.5 Å². The molecule has 1 aliphatic heterocycles. The van der Waals surface area contributed by atoms with E-state index in [0.717, 1.165) is 25.3 Å². The largest absolute Gasteiger partial charge is 0.497 e. The Labute approximate surface area is 141 Å². The molecule has 3 rings (SSSR count). The Morgan fingerprint density at radius 3 is 2.65 bits per heavy atom. The third-order valence-electron chi connectivity index (χ3n) is 6.81. The van der Waals surface area contributed by atoms with Gasteiger partial charge in [0.05, 0.1) is 13.2 Å². The van der Waals surface area contributed by atoms with E-state index in [1.54, 1.807) is 7.11 Å². The number of likely N-dealkylation sites (tertiary alicyclic amines) is 1. The number of nitrogens with zero attached hydrogens (tertiary/aromatic N) is 1. The summed E-state index contributed by atoms with van der Waals surface area (Å²) in [5, 5.41) is 0. The fourth-order valence-corrected chi connectivity index (χ4v) is 4.77. The normalized spacial score (nSPS) is 30.6. The molecule has 3 nitrogen and oxygen atoms in total. The molecule has 0 aromatic heterocycles. The zero-order chi connectivity index (χ0) is 16.8. The number of ether oxygens (including phenoxy) is 2. The molecule has 1 aromatic carbocycles. The first-order chi connectivity index (χ1) is 10.8. The van der Waals surface area contributed by atoms with Crippen LogP contribution in [0, 0.1) is 5.41 Å². The molecule has 0 N–H and O–H groups in total. The maximum Gasteiger partial charge on any atom is 0.119 e. The SMILES string of the molecule is COc1ccc2c(c1)C[C@H]1N(C[C@@H](C)OC)CC[C@]2(C)C1(C)C. The molecule has 3 atom stereocenters. The van der Waals surface area contributed by atoms with E-state index in [9.17, 15) is 0 Å². The smallest absolute Gasteiger partial charge is 0.119 e. The fraction of sp³-hybridized carbons (Fsp3) is 0.700. The Hall–Kier alpha value is -1.06. The van der Waals surface area contributed by atoms with Crippen molar-refractivity contribution in [3.8, 4) is 5.75 Å². The van der Waals surface area contributed by atoms with Gasteiger partial charge in [-0.15, -0.1) is 0 Å². The predicted octanol–water partition coefficient (Wildman–Crippen LogP) is 3.64. The molecule has 0 amide bonds. The first kappa shape index (κ1) is 16.8. The second kappa shape index (κ2) is 5.78. The Balaban J connectivity index is 2.01. The molecule has 23 heavy (non-hydrogen) atoms. The maximum absolute atomic E-state index is 5.53. The van der Waals surface area contributed by atoms with Gasteiger partial charge in [-0.2, -0.15) is 0 Å². The lowest BCUT2D eigenvalue weighted by molar-refractivity contribution is -0.0568. The lowest BCUT2D eigenvalue weighted by Gasteiger charge is -2.61. The molecule has 0 unspecified atom stereocenters. The summed E-state index contributed by atoms with van der Waals surface area (Å²) in [6, 6.07) is 7.23. The van der Waals surface area contributed by atoms with Crippen LogP contribution >= 0.6 is 0 Å². The number of hydrogen-bond acceptors (Lipinski definition) is 3. The van der Waals surface area contributed by atoms with Crippen molar-refractivity contribution in [1.29, 1.82) is 0 Å². The van der Waals surface area contributed by atoms with Crippen LogP contribution in [0.15, 0.2) is 18.2 Å². The highest BCUT2D eigenvalue weighted by Crippen LogP contribution is 2.56. The minimum Gasteiger partial charge on any atom is -0.497 e. The van der Waals surface area contributed by atoms with Crippen LogP contribution in [0.2, 0.25) is 0 Å². The van der Waals surface area contributed by atoms with Gasteiger partial charge in [0.25, 0.3) is 0 Å². The van der Waals surface area contributed by atoms with Gasteiger partial charge in [-0.05, 0) is 55.0 Å². The lowest BCUT2D eigenvalue weighted by Crippen LogP contribution is -2.64. The monoisotopic (exact) mass is 317 g/mol. The summed E-state index contributed by atoms with van der Waals surface area (Å²) >= 11 is 0. The summed E-state index contributed by atoms with van der Waals surface area (Å²) in [6.45, 7) is 11.7. The number of fused-ring (bicyclic) bond motifs is 4. The average Bonchev–Trinajstić information content (AvgIpc) is 2.53. The number of hydrogen-bond donors (Lipinski definition) is 0. The zero-order valence-corrected chi connectivity index (χ0v) is 15.5. The number of methoxy groups -OCH3 is 2. The first-order valence-electron chi connectivity index (χ1n) is 8.77. The summed E-state index contributed by atoms with van der Waals surface area (Å²) in [4.78, 5) is 2.65. The van der Waals surface area contributed by atoms with Crippen molar-refractivity contribution in [3.63, 3.8) is 0 Å². The molecule has 0 spiro atoms. The Morgan fingerprint density at radius 1 is 1.26 bits per heavy atom. The molecule has 2 aliphatic rings. The summed E-state index contributed by atoms with van der Waals surface area (Å²) in [7, 11) is 3.56. The number of benzene rings is 1. The van der Waals surface area contributed by atoms with Crippen molar-refractivity contribution in [2.45, 2.75) is 58.1 Å². The van der Waals surface area contributed by atoms with Crippen LogP contribution in [0.5, 0.6) is 5.75 Å². The van der Waals surface area contributed by atoms with E-state index in [-0.39, 0.29) is 16.9 Å².